The fourth-order valence-electron chi connectivity index (χ4n) is 3.22. The summed E-state index contributed by atoms with van der Waals surface area (Å²) in [5.74, 6) is -0.881. The molecule has 162 valence electrons. The van der Waals surface area contributed by atoms with E-state index >= 15 is 0 Å². The van der Waals surface area contributed by atoms with Crippen LogP contribution in [0.4, 0.5) is 0 Å². The Balaban J connectivity index is 0.00000320. The third kappa shape index (κ3) is 6.16. The van der Waals surface area contributed by atoms with Gasteiger partial charge in [-0.05, 0) is 24.6 Å². The summed E-state index contributed by atoms with van der Waals surface area (Å²) in [6.45, 7) is 2.80. The minimum Gasteiger partial charge on any atom is -0.375 e. The smallest absolute Gasteiger partial charge is 0.263 e. The van der Waals surface area contributed by atoms with Gasteiger partial charge in [0.1, 0.15) is 5.56 Å². The molecule has 0 aliphatic carbocycles. The van der Waals surface area contributed by atoms with Crippen LogP contribution >= 0.6 is 12.4 Å². The molecule has 1 atom stereocenters. The first-order valence-corrected chi connectivity index (χ1v) is 9.69. The monoisotopic (exact) mass is 434 g/mol. The van der Waals surface area contributed by atoms with E-state index in [9.17, 15) is 14.4 Å². The van der Waals surface area contributed by atoms with Crippen LogP contribution in [-0.4, -0.2) is 55.8 Å². The second-order valence-corrected chi connectivity index (χ2v) is 6.88. The predicted octanol–water partition coefficient (Wildman–Crippen LogP) is 0.786. The normalized spacial score (nSPS) is 15.3. The minimum atomic E-state index is -0.525. The summed E-state index contributed by atoms with van der Waals surface area (Å²) >= 11 is 0. The van der Waals surface area contributed by atoms with Gasteiger partial charge < -0.3 is 25.3 Å². The fourth-order valence-corrected chi connectivity index (χ4v) is 3.22. The molecule has 30 heavy (non-hydrogen) atoms. The zero-order valence-electron chi connectivity index (χ0n) is 16.8. The molecule has 1 aliphatic heterocycles. The Morgan fingerprint density at radius 2 is 2.00 bits per heavy atom. The molecule has 0 radical (unpaired) electrons. The molecule has 3 N–H and O–H groups in total. The van der Waals surface area contributed by atoms with Crippen molar-refractivity contribution < 1.29 is 14.3 Å². The highest BCUT2D eigenvalue weighted by Gasteiger charge is 2.18. The number of carbonyl (C=O) groups is 2. The first kappa shape index (κ1) is 23.6. The number of amides is 2. The zero-order valence-corrected chi connectivity index (χ0v) is 17.7. The van der Waals surface area contributed by atoms with Gasteiger partial charge in [-0.1, -0.05) is 30.3 Å². The lowest BCUT2D eigenvalue weighted by Gasteiger charge is -2.13. The quantitative estimate of drug-likeness (QED) is 0.533. The molecule has 1 unspecified atom stereocenters. The molecule has 1 aromatic heterocycles. The highest BCUT2D eigenvalue weighted by atomic mass is 35.5. The molecule has 0 spiro atoms. The summed E-state index contributed by atoms with van der Waals surface area (Å²) in [4.78, 5) is 37.4. The van der Waals surface area contributed by atoms with Crippen LogP contribution in [-0.2, 0) is 11.3 Å². The molecule has 1 aliphatic rings. The van der Waals surface area contributed by atoms with E-state index < -0.39 is 11.5 Å². The zero-order chi connectivity index (χ0) is 20.6. The number of hydrogen-bond acceptors (Lipinski definition) is 5. The van der Waals surface area contributed by atoms with Crippen molar-refractivity contribution in [3.63, 3.8) is 0 Å². The third-order valence-corrected chi connectivity index (χ3v) is 4.77. The average Bonchev–Trinajstić information content (AvgIpc) is 3.26. The van der Waals surface area contributed by atoms with Crippen LogP contribution in [0.25, 0.3) is 0 Å². The standard InChI is InChI=1S/C21H26N4O4.ClH/c1-22-20(27)18-11-16(19(26)24-9-10-29-17-7-8-23-12-17)14-25(21(18)28)13-15-5-3-2-4-6-15;/h2-6,11,14,17,23H,7-10,12-13H2,1H3,(H,22,27)(H,24,26);1H. The van der Waals surface area contributed by atoms with E-state index in [1.54, 1.807) is 0 Å². The lowest BCUT2D eigenvalue weighted by Crippen LogP contribution is -2.34. The number of hydrogen-bond donors (Lipinski definition) is 3. The molecule has 1 aromatic carbocycles. The first-order valence-electron chi connectivity index (χ1n) is 9.69. The van der Waals surface area contributed by atoms with Gasteiger partial charge >= 0.3 is 0 Å². The van der Waals surface area contributed by atoms with Crippen LogP contribution in [0.5, 0.6) is 0 Å². The minimum absolute atomic E-state index is 0. The number of rotatable bonds is 8. The van der Waals surface area contributed by atoms with Crippen LogP contribution < -0.4 is 21.5 Å². The van der Waals surface area contributed by atoms with Crippen LogP contribution in [0.15, 0.2) is 47.4 Å². The van der Waals surface area contributed by atoms with Gasteiger partial charge in [0.2, 0.25) is 0 Å². The molecule has 1 fully saturated rings. The van der Waals surface area contributed by atoms with Gasteiger partial charge in [0.15, 0.2) is 0 Å². The topological polar surface area (TPSA) is 101 Å². The number of nitrogens with one attached hydrogen (secondary N) is 3. The Morgan fingerprint density at radius 1 is 1.23 bits per heavy atom. The van der Waals surface area contributed by atoms with Crippen molar-refractivity contribution in [2.24, 2.45) is 0 Å². The molecule has 2 heterocycles. The maximum atomic E-state index is 12.7. The number of pyridine rings is 1. The second kappa shape index (κ2) is 11.5. The number of benzene rings is 1. The summed E-state index contributed by atoms with van der Waals surface area (Å²) in [5.41, 5.74) is 0.640. The van der Waals surface area contributed by atoms with Crippen molar-refractivity contribution in [1.82, 2.24) is 20.5 Å². The molecule has 9 heteroatoms. The summed E-state index contributed by atoms with van der Waals surface area (Å²) < 4.78 is 7.08. The molecule has 2 aromatic rings. The van der Waals surface area contributed by atoms with Gasteiger partial charge in [-0.15, -0.1) is 12.4 Å². The lowest BCUT2D eigenvalue weighted by molar-refractivity contribution is 0.0656. The maximum Gasteiger partial charge on any atom is 0.263 e. The van der Waals surface area contributed by atoms with Crippen LogP contribution in [0.2, 0.25) is 0 Å². The molecule has 8 nitrogen and oxygen atoms in total. The van der Waals surface area contributed by atoms with E-state index in [-0.39, 0.29) is 42.1 Å². The van der Waals surface area contributed by atoms with E-state index in [0.29, 0.717) is 13.2 Å². The molecule has 0 saturated carbocycles. The second-order valence-electron chi connectivity index (χ2n) is 6.88. The number of carbonyl (C=O) groups excluding carboxylic acids is 2. The van der Waals surface area contributed by atoms with E-state index in [2.05, 4.69) is 16.0 Å². The molecular formula is C21H27ClN4O4. The molecule has 1 saturated heterocycles. The number of ether oxygens (including phenoxy) is 1. The Kier molecular flexibility index (Phi) is 9.04. The van der Waals surface area contributed by atoms with E-state index in [1.807, 2.05) is 30.3 Å². The van der Waals surface area contributed by atoms with Gasteiger partial charge in [0.25, 0.3) is 17.4 Å². The highest BCUT2D eigenvalue weighted by molar-refractivity contribution is 5.99. The summed E-state index contributed by atoms with van der Waals surface area (Å²) in [5, 5.41) is 8.46. The molecular weight excluding hydrogens is 408 g/mol. The lowest BCUT2D eigenvalue weighted by atomic mass is 10.1. The van der Waals surface area contributed by atoms with Gasteiger partial charge in [-0.25, -0.2) is 0 Å². The SMILES string of the molecule is CNC(=O)c1cc(C(=O)NCCOC2CCNC2)cn(Cc2ccccc2)c1=O.Cl. The van der Waals surface area contributed by atoms with Crippen molar-refractivity contribution >= 4 is 24.2 Å². The average molecular weight is 435 g/mol. The Bertz CT molecular complexity index is 911. The van der Waals surface area contributed by atoms with Crippen LogP contribution in [0.1, 0.15) is 32.7 Å². The molecule has 0 bridgehead atoms. The van der Waals surface area contributed by atoms with Crippen molar-refractivity contribution in [3.05, 3.63) is 69.6 Å². The highest BCUT2D eigenvalue weighted by Crippen LogP contribution is 2.06. The summed E-state index contributed by atoms with van der Waals surface area (Å²) in [7, 11) is 1.45. The van der Waals surface area contributed by atoms with Gasteiger partial charge in [-0.2, -0.15) is 0 Å². The van der Waals surface area contributed by atoms with Crippen LogP contribution in [0, 0.1) is 0 Å². The molecule has 2 amide bonds. The molecule has 3 rings (SSSR count). The number of aromatic nitrogens is 1. The van der Waals surface area contributed by atoms with Crippen molar-refractivity contribution in [1.29, 1.82) is 0 Å². The number of nitrogens with zero attached hydrogens (tertiary/aromatic N) is 1. The number of halogens is 1. The maximum absolute atomic E-state index is 12.7. The first-order chi connectivity index (χ1) is 14.1. The summed E-state index contributed by atoms with van der Waals surface area (Å²) in [6.07, 6.45) is 2.63. The Labute approximate surface area is 181 Å². The Hall–Kier alpha value is -2.68. The van der Waals surface area contributed by atoms with Gasteiger partial charge in [-0.3, -0.25) is 14.4 Å². The van der Waals surface area contributed by atoms with Crippen LogP contribution in [0.3, 0.4) is 0 Å². The Morgan fingerprint density at radius 3 is 2.67 bits per heavy atom. The largest absolute Gasteiger partial charge is 0.375 e. The fraction of sp³-hybridized carbons (Fsp3) is 0.381. The predicted molar refractivity (Wildman–Crippen MR) is 116 cm³/mol. The van der Waals surface area contributed by atoms with Crippen molar-refractivity contribution in [2.45, 2.75) is 19.1 Å². The van der Waals surface area contributed by atoms with Crippen molar-refractivity contribution in [3.8, 4) is 0 Å². The van der Waals surface area contributed by atoms with Gasteiger partial charge in [0.05, 0.1) is 24.8 Å². The van der Waals surface area contributed by atoms with Crippen molar-refractivity contribution in [2.75, 3.05) is 33.3 Å². The third-order valence-electron chi connectivity index (χ3n) is 4.77. The van der Waals surface area contributed by atoms with E-state index in [0.717, 1.165) is 25.1 Å². The van der Waals surface area contributed by atoms with E-state index in [1.165, 1.54) is 23.9 Å². The van der Waals surface area contributed by atoms with Gasteiger partial charge in [0, 0.05) is 26.3 Å². The summed E-state index contributed by atoms with van der Waals surface area (Å²) in [6, 6.07) is 10.7. The van der Waals surface area contributed by atoms with E-state index in [4.69, 9.17) is 4.74 Å².